The number of halogens is 1. The van der Waals surface area contributed by atoms with Crippen molar-refractivity contribution >= 4 is 17.3 Å². The van der Waals surface area contributed by atoms with Crippen LogP contribution in [-0.4, -0.2) is 13.2 Å². The van der Waals surface area contributed by atoms with Crippen LogP contribution < -0.4 is 10.1 Å². The van der Waals surface area contributed by atoms with Crippen molar-refractivity contribution in [3.63, 3.8) is 0 Å². The van der Waals surface area contributed by atoms with E-state index in [9.17, 15) is 0 Å². The van der Waals surface area contributed by atoms with Crippen molar-refractivity contribution in [1.82, 2.24) is 0 Å². The number of rotatable bonds is 6. The summed E-state index contributed by atoms with van der Waals surface area (Å²) in [6.07, 6.45) is 0.945. The molecule has 2 rings (SSSR count). The molecule has 0 amide bonds. The third-order valence-corrected chi connectivity index (χ3v) is 2.97. The molecule has 2 nitrogen and oxygen atoms in total. The highest BCUT2D eigenvalue weighted by molar-refractivity contribution is 6.30. The van der Waals surface area contributed by atoms with Gasteiger partial charge in [-0.25, -0.2) is 0 Å². The van der Waals surface area contributed by atoms with Crippen LogP contribution >= 0.6 is 11.6 Å². The zero-order valence-corrected chi connectivity index (χ0v) is 11.8. The van der Waals surface area contributed by atoms with Crippen LogP contribution in [0.1, 0.15) is 12.0 Å². The van der Waals surface area contributed by atoms with Gasteiger partial charge in [0.1, 0.15) is 5.75 Å². The third-order valence-electron chi connectivity index (χ3n) is 2.73. The van der Waals surface area contributed by atoms with Crippen molar-refractivity contribution in [3.05, 3.63) is 59.1 Å². The Balaban J connectivity index is 1.67. The Hall–Kier alpha value is -1.67. The lowest BCUT2D eigenvalue weighted by Crippen LogP contribution is -2.07. The molecule has 2 aromatic rings. The maximum absolute atomic E-state index is 5.92. The summed E-state index contributed by atoms with van der Waals surface area (Å²) >= 11 is 5.92. The minimum Gasteiger partial charge on any atom is -0.494 e. The van der Waals surface area contributed by atoms with Gasteiger partial charge in [0.25, 0.3) is 0 Å². The highest BCUT2D eigenvalue weighted by atomic mass is 35.5. The number of aryl methyl sites for hydroxylation is 1. The van der Waals surface area contributed by atoms with Crippen LogP contribution in [0.5, 0.6) is 5.75 Å². The molecule has 0 spiro atoms. The standard InChI is InChI=1S/C16H18ClNO/c1-13-5-2-8-16(11-13)19-10-4-9-18-15-7-3-6-14(17)12-15/h2-3,5-8,11-12,18H,4,9-10H2,1H3. The summed E-state index contributed by atoms with van der Waals surface area (Å²) in [6.45, 7) is 3.64. The van der Waals surface area contributed by atoms with Crippen molar-refractivity contribution in [2.75, 3.05) is 18.5 Å². The number of hydrogen-bond donors (Lipinski definition) is 1. The van der Waals surface area contributed by atoms with Gasteiger partial charge >= 0.3 is 0 Å². The average Bonchev–Trinajstić information content (AvgIpc) is 2.38. The van der Waals surface area contributed by atoms with Gasteiger partial charge in [-0.1, -0.05) is 29.8 Å². The number of hydrogen-bond acceptors (Lipinski definition) is 2. The van der Waals surface area contributed by atoms with Crippen LogP contribution in [0.15, 0.2) is 48.5 Å². The van der Waals surface area contributed by atoms with E-state index in [1.54, 1.807) is 0 Å². The molecular weight excluding hydrogens is 258 g/mol. The molecular formula is C16H18ClNO. The Labute approximate surface area is 119 Å². The first-order chi connectivity index (χ1) is 9.24. The fourth-order valence-corrected chi connectivity index (χ4v) is 1.99. The maximum Gasteiger partial charge on any atom is 0.119 e. The molecule has 0 bridgehead atoms. The van der Waals surface area contributed by atoms with Crippen molar-refractivity contribution in [2.45, 2.75) is 13.3 Å². The maximum atomic E-state index is 5.92. The minimum absolute atomic E-state index is 0.705. The second kappa shape index (κ2) is 7.05. The van der Waals surface area contributed by atoms with Gasteiger partial charge in [0.2, 0.25) is 0 Å². The molecule has 0 aliphatic heterocycles. The fourth-order valence-electron chi connectivity index (χ4n) is 1.80. The number of nitrogens with one attached hydrogen (secondary N) is 1. The lowest BCUT2D eigenvalue weighted by Gasteiger charge is -2.08. The van der Waals surface area contributed by atoms with Crippen LogP contribution in [-0.2, 0) is 0 Å². The van der Waals surface area contributed by atoms with Crippen LogP contribution in [0.25, 0.3) is 0 Å². The monoisotopic (exact) mass is 275 g/mol. The van der Waals surface area contributed by atoms with Crippen molar-refractivity contribution < 1.29 is 4.74 Å². The Morgan fingerprint density at radius 2 is 1.95 bits per heavy atom. The first-order valence-corrected chi connectivity index (χ1v) is 6.81. The van der Waals surface area contributed by atoms with Crippen LogP contribution in [0.3, 0.4) is 0 Å². The van der Waals surface area contributed by atoms with Gasteiger partial charge in [0.15, 0.2) is 0 Å². The zero-order chi connectivity index (χ0) is 13.5. The predicted molar refractivity (Wildman–Crippen MR) is 81.2 cm³/mol. The first kappa shape index (κ1) is 13.8. The second-order valence-corrected chi connectivity index (χ2v) is 4.89. The van der Waals surface area contributed by atoms with E-state index in [4.69, 9.17) is 16.3 Å². The van der Waals surface area contributed by atoms with Gasteiger partial charge < -0.3 is 10.1 Å². The van der Waals surface area contributed by atoms with Crippen molar-refractivity contribution in [2.24, 2.45) is 0 Å². The van der Waals surface area contributed by atoms with Crippen LogP contribution in [0, 0.1) is 6.92 Å². The molecule has 0 fully saturated rings. The summed E-state index contributed by atoms with van der Waals surface area (Å²) in [7, 11) is 0. The molecule has 0 aliphatic rings. The molecule has 0 saturated heterocycles. The summed E-state index contributed by atoms with van der Waals surface area (Å²) in [5.41, 5.74) is 2.26. The topological polar surface area (TPSA) is 21.3 Å². The Morgan fingerprint density at radius 1 is 1.11 bits per heavy atom. The molecule has 0 radical (unpaired) electrons. The highest BCUT2D eigenvalue weighted by Gasteiger charge is 1.95. The number of anilines is 1. The summed E-state index contributed by atoms with van der Waals surface area (Å²) in [5, 5.41) is 4.07. The largest absolute Gasteiger partial charge is 0.494 e. The van der Waals surface area contributed by atoms with E-state index in [1.165, 1.54) is 5.56 Å². The average molecular weight is 276 g/mol. The van der Waals surface area contributed by atoms with E-state index in [0.717, 1.165) is 29.4 Å². The van der Waals surface area contributed by atoms with Gasteiger partial charge in [-0.2, -0.15) is 0 Å². The molecule has 0 saturated carbocycles. The Morgan fingerprint density at radius 3 is 2.74 bits per heavy atom. The number of ether oxygens (including phenoxy) is 1. The second-order valence-electron chi connectivity index (χ2n) is 4.46. The number of benzene rings is 2. The van der Waals surface area contributed by atoms with Crippen LogP contribution in [0.2, 0.25) is 5.02 Å². The van der Waals surface area contributed by atoms with E-state index in [1.807, 2.05) is 42.5 Å². The summed E-state index contributed by atoms with van der Waals surface area (Å²) in [4.78, 5) is 0. The van der Waals surface area contributed by atoms with E-state index in [-0.39, 0.29) is 0 Å². The molecule has 0 aromatic heterocycles. The molecule has 100 valence electrons. The molecule has 0 atom stereocenters. The third kappa shape index (κ3) is 4.84. The van der Waals surface area contributed by atoms with E-state index in [0.29, 0.717) is 6.61 Å². The predicted octanol–water partition coefficient (Wildman–Crippen LogP) is 4.53. The quantitative estimate of drug-likeness (QED) is 0.782. The Bertz CT molecular complexity index is 480. The van der Waals surface area contributed by atoms with Gasteiger partial charge in [-0.05, 0) is 49.2 Å². The molecule has 19 heavy (non-hydrogen) atoms. The molecule has 0 aliphatic carbocycles. The minimum atomic E-state index is 0.705. The lowest BCUT2D eigenvalue weighted by molar-refractivity contribution is 0.315. The van der Waals surface area contributed by atoms with E-state index >= 15 is 0 Å². The molecule has 3 heteroatoms. The molecule has 1 N–H and O–H groups in total. The lowest BCUT2D eigenvalue weighted by atomic mass is 10.2. The normalized spacial score (nSPS) is 10.2. The SMILES string of the molecule is Cc1cccc(OCCCNc2cccc(Cl)c2)c1. The molecule has 0 heterocycles. The fraction of sp³-hybridized carbons (Fsp3) is 0.250. The zero-order valence-electron chi connectivity index (χ0n) is 11.0. The molecule has 2 aromatic carbocycles. The summed E-state index contributed by atoms with van der Waals surface area (Å²) in [5.74, 6) is 0.933. The van der Waals surface area contributed by atoms with Crippen molar-refractivity contribution in [3.8, 4) is 5.75 Å². The Kier molecular flexibility index (Phi) is 5.10. The summed E-state index contributed by atoms with van der Waals surface area (Å²) in [6, 6.07) is 15.8. The van der Waals surface area contributed by atoms with E-state index in [2.05, 4.69) is 18.3 Å². The van der Waals surface area contributed by atoms with E-state index < -0.39 is 0 Å². The van der Waals surface area contributed by atoms with Gasteiger partial charge in [0, 0.05) is 17.3 Å². The van der Waals surface area contributed by atoms with Gasteiger partial charge in [-0.15, -0.1) is 0 Å². The van der Waals surface area contributed by atoms with Crippen LogP contribution in [0.4, 0.5) is 5.69 Å². The van der Waals surface area contributed by atoms with Gasteiger partial charge in [0.05, 0.1) is 6.61 Å². The highest BCUT2D eigenvalue weighted by Crippen LogP contribution is 2.15. The summed E-state index contributed by atoms with van der Waals surface area (Å²) < 4.78 is 5.68. The molecule has 0 unspecified atom stereocenters. The smallest absolute Gasteiger partial charge is 0.119 e. The van der Waals surface area contributed by atoms with Crippen molar-refractivity contribution in [1.29, 1.82) is 0 Å². The first-order valence-electron chi connectivity index (χ1n) is 6.43. The van der Waals surface area contributed by atoms with Gasteiger partial charge in [-0.3, -0.25) is 0 Å².